The summed E-state index contributed by atoms with van der Waals surface area (Å²) in [5.41, 5.74) is 2.20. The first kappa shape index (κ1) is 12.5. The first-order valence-electron chi connectivity index (χ1n) is 4.92. The summed E-state index contributed by atoms with van der Waals surface area (Å²) in [7, 11) is 0. The third-order valence-corrected chi connectivity index (χ3v) is 2.92. The summed E-state index contributed by atoms with van der Waals surface area (Å²) in [6.07, 6.45) is 0.815. The third kappa shape index (κ3) is 3.47. The second-order valence-electron chi connectivity index (χ2n) is 3.51. The second-order valence-corrected chi connectivity index (χ2v) is 4.61. The van der Waals surface area contributed by atoms with Crippen molar-refractivity contribution in [1.29, 1.82) is 0 Å². The van der Waals surface area contributed by atoms with Gasteiger partial charge in [0.1, 0.15) is 5.69 Å². The number of halogens is 1. The van der Waals surface area contributed by atoms with Crippen LogP contribution in [0.2, 0.25) is 0 Å². The zero-order valence-corrected chi connectivity index (χ0v) is 10.5. The molecule has 0 saturated carbocycles. The first-order chi connectivity index (χ1) is 7.16. The van der Waals surface area contributed by atoms with E-state index in [-0.39, 0.29) is 11.9 Å². The Morgan fingerprint density at radius 1 is 1.67 bits per heavy atom. The fourth-order valence-corrected chi connectivity index (χ4v) is 1.94. The molecule has 15 heavy (non-hydrogen) atoms. The van der Waals surface area contributed by atoms with E-state index in [4.69, 9.17) is 11.6 Å². The molecule has 0 atom stereocenters. The molecular weight excluding hydrogens is 232 g/mol. The summed E-state index contributed by atoms with van der Waals surface area (Å²) in [5, 5.41) is 1.78. The Kier molecular flexibility index (Phi) is 5.05. The van der Waals surface area contributed by atoms with Crippen LogP contribution in [0.1, 0.15) is 30.8 Å². The van der Waals surface area contributed by atoms with E-state index >= 15 is 0 Å². The van der Waals surface area contributed by atoms with Crippen LogP contribution in [0.4, 0.5) is 0 Å². The number of hydrogen-bond acceptors (Lipinski definition) is 3. The van der Waals surface area contributed by atoms with Gasteiger partial charge >= 0.3 is 0 Å². The molecule has 0 aliphatic carbocycles. The van der Waals surface area contributed by atoms with Gasteiger partial charge in [-0.3, -0.25) is 4.79 Å². The van der Waals surface area contributed by atoms with Crippen LogP contribution in [0.25, 0.3) is 0 Å². The molecule has 1 rings (SSSR count). The Hall–Kier alpha value is -0.610. The molecule has 1 amide bonds. The summed E-state index contributed by atoms with van der Waals surface area (Å²) < 4.78 is 0. The molecule has 1 heterocycles. The van der Waals surface area contributed by atoms with Gasteiger partial charge in [0, 0.05) is 23.8 Å². The predicted octanol–water partition coefficient (Wildman–Crippen LogP) is 2.62. The van der Waals surface area contributed by atoms with Gasteiger partial charge < -0.3 is 4.90 Å². The number of rotatable bonds is 5. The first-order valence-corrected chi connectivity index (χ1v) is 6.39. The Bertz CT molecular complexity index is 300. The van der Waals surface area contributed by atoms with Crippen molar-refractivity contribution in [1.82, 2.24) is 9.88 Å². The number of alkyl halides is 1. The van der Waals surface area contributed by atoms with Crippen LogP contribution in [0.3, 0.4) is 0 Å². The van der Waals surface area contributed by atoms with Crippen molar-refractivity contribution in [3.05, 3.63) is 16.6 Å². The average Bonchev–Trinajstić information content (AvgIpc) is 2.70. The van der Waals surface area contributed by atoms with Crippen LogP contribution in [0, 0.1) is 0 Å². The van der Waals surface area contributed by atoms with Crippen LogP contribution < -0.4 is 0 Å². The Labute approximate surface area is 99.1 Å². The van der Waals surface area contributed by atoms with Gasteiger partial charge in [0.05, 0.1) is 5.51 Å². The molecule has 0 fully saturated rings. The number of nitrogens with zero attached hydrogens (tertiary/aromatic N) is 2. The van der Waals surface area contributed by atoms with Gasteiger partial charge in [0.2, 0.25) is 0 Å². The smallest absolute Gasteiger partial charge is 0.273 e. The van der Waals surface area contributed by atoms with Crippen LogP contribution in [-0.2, 0) is 0 Å². The number of thiazole rings is 1. The van der Waals surface area contributed by atoms with Crippen molar-refractivity contribution in [3.63, 3.8) is 0 Å². The lowest BCUT2D eigenvalue weighted by molar-refractivity contribution is 0.0701. The van der Waals surface area contributed by atoms with Crippen molar-refractivity contribution in [2.45, 2.75) is 26.3 Å². The molecule has 1 aromatic rings. The molecule has 0 aromatic carbocycles. The molecule has 0 spiro atoms. The van der Waals surface area contributed by atoms with E-state index in [0.29, 0.717) is 18.1 Å². The molecule has 84 valence electrons. The monoisotopic (exact) mass is 246 g/mol. The van der Waals surface area contributed by atoms with Gasteiger partial charge in [-0.15, -0.1) is 22.9 Å². The van der Waals surface area contributed by atoms with Crippen LogP contribution in [0.5, 0.6) is 0 Å². The summed E-state index contributed by atoms with van der Waals surface area (Å²) in [5.74, 6) is 0.574. The topological polar surface area (TPSA) is 33.2 Å². The molecule has 0 aliphatic heterocycles. The largest absolute Gasteiger partial charge is 0.335 e. The predicted molar refractivity (Wildman–Crippen MR) is 63.6 cm³/mol. The van der Waals surface area contributed by atoms with E-state index in [1.165, 1.54) is 11.3 Å². The SMILES string of the molecule is CC(C)N(CCCCl)C(=O)c1cscn1. The summed E-state index contributed by atoms with van der Waals surface area (Å²) in [4.78, 5) is 17.8. The van der Waals surface area contributed by atoms with Gasteiger partial charge in [-0.1, -0.05) is 0 Å². The van der Waals surface area contributed by atoms with Gasteiger partial charge in [0.15, 0.2) is 0 Å². The standard InChI is InChI=1S/C10H15ClN2OS/c1-8(2)13(5-3-4-11)10(14)9-6-15-7-12-9/h6-8H,3-5H2,1-2H3. The summed E-state index contributed by atoms with van der Waals surface area (Å²) in [6, 6.07) is 0.183. The minimum absolute atomic E-state index is 0.00336. The van der Waals surface area contributed by atoms with Crippen molar-refractivity contribution < 1.29 is 4.79 Å². The number of aromatic nitrogens is 1. The molecule has 3 nitrogen and oxygen atoms in total. The highest BCUT2D eigenvalue weighted by atomic mass is 35.5. The molecular formula is C10H15ClN2OS. The van der Waals surface area contributed by atoms with Gasteiger partial charge in [0.25, 0.3) is 5.91 Å². The van der Waals surface area contributed by atoms with E-state index in [1.54, 1.807) is 15.8 Å². The van der Waals surface area contributed by atoms with Crippen molar-refractivity contribution in [3.8, 4) is 0 Å². The fourth-order valence-electron chi connectivity index (χ4n) is 1.29. The minimum Gasteiger partial charge on any atom is -0.335 e. The maximum absolute atomic E-state index is 12.0. The van der Waals surface area contributed by atoms with Gasteiger partial charge in [-0.2, -0.15) is 0 Å². The molecule has 0 saturated heterocycles. The van der Waals surface area contributed by atoms with E-state index < -0.39 is 0 Å². The molecule has 5 heteroatoms. The van der Waals surface area contributed by atoms with E-state index in [1.807, 2.05) is 13.8 Å². The van der Waals surface area contributed by atoms with E-state index in [9.17, 15) is 4.79 Å². The molecule has 1 aromatic heterocycles. The quantitative estimate of drug-likeness (QED) is 0.749. The zero-order chi connectivity index (χ0) is 11.3. The Morgan fingerprint density at radius 3 is 2.87 bits per heavy atom. The number of hydrogen-bond donors (Lipinski definition) is 0. The van der Waals surface area contributed by atoms with E-state index in [2.05, 4.69) is 4.98 Å². The summed E-state index contributed by atoms with van der Waals surface area (Å²) >= 11 is 7.06. The third-order valence-electron chi connectivity index (χ3n) is 2.07. The highest BCUT2D eigenvalue weighted by molar-refractivity contribution is 7.07. The lowest BCUT2D eigenvalue weighted by Crippen LogP contribution is -2.38. The minimum atomic E-state index is -0.00336. The molecule has 0 bridgehead atoms. The number of carbonyl (C=O) groups excluding carboxylic acids is 1. The van der Waals surface area contributed by atoms with Gasteiger partial charge in [-0.25, -0.2) is 4.98 Å². The molecule has 0 unspecified atom stereocenters. The normalized spacial score (nSPS) is 10.7. The van der Waals surface area contributed by atoms with Gasteiger partial charge in [-0.05, 0) is 20.3 Å². The Balaban J connectivity index is 2.67. The second kappa shape index (κ2) is 6.08. The fraction of sp³-hybridized carbons (Fsp3) is 0.600. The summed E-state index contributed by atoms with van der Waals surface area (Å²) in [6.45, 7) is 4.69. The maximum atomic E-state index is 12.0. The Morgan fingerprint density at radius 2 is 2.40 bits per heavy atom. The van der Waals surface area contributed by atoms with E-state index in [0.717, 1.165) is 6.42 Å². The molecule has 0 N–H and O–H groups in total. The maximum Gasteiger partial charge on any atom is 0.273 e. The zero-order valence-electron chi connectivity index (χ0n) is 8.94. The van der Waals surface area contributed by atoms with Crippen molar-refractivity contribution >= 4 is 28.8 Å². The van der Waals surface area contributed by atoms with Crippen molar-refractivity contribution in [2.24, 2.45) is 0 Å². The average molecular weight is 247 g/mol. The number of carbonyl (C=O) groups is 1. The number of amides is 1. The van der Waals surface area contributed by atoms with Crippen LogP contribution in [-0.4, -0.2) is 34.3 Å². The van der Waals surface area contributed by atoms with Crippen molar-refractivity contribution in [2.75, 3.05) is 12.4 Å². The molecule has 0 radical (unpaired) electrons. The lowest BCUT2D eigenvalue weighted by atomic mass is 10.2. The highest BCUT2D eigenvalue weighted by Crippen LogP contribution is 2.09. The highest BCUT2D eigenvalue weighted by Gasteiger charge is 2.19. The van der Waals surface area contributed by atoms with Crippen LogP contribution in [0.15, 0.2) is 10.9 Å². The lowest BCUT2D eigenvalue weighted by Gasteiger charge is -2.25. The van der Waals surface area contributed by atoms with Crippen LogP contribution >= 0.6 is 22.9 Å². The molecule has 0 aliphatic rings.